The van der Waals surface area contributed by atoms with Gasteiger partial charge in [0.15, 0.2) is 0 Å². The van der Waals surface area contributed by atoms with Gasteiger partial charge in [0.05, 0.1) is 23.6 Å². The van der Waals surface area contributed by atoms with Crippen molar-refractivity contribution in [3.05, 3.63) is 58.6 Å². The van der Waals surface area contributed by atoms with Crippen LogP contribution in [0.4, 0.5) is 0 Å². The summed E-state index contributed by atoms with van der Waals surface area (Å²) in [5.74, 6) is -0.172. The third kappa shape index (κ3) is 5.08. The lowest BCUT2D eigenvalue weighted by molar-refractivity contribution is 0.0934. The average Bonchev–Trinajstić information content (AvgIpc) is 3.22. The van der Waals surface area contributed by atoms with E-state index in [0.717, 1.165) is 31.5 Å². The molecule has 1 unspecified atom stereocenters. The van der Waals surface area contributed by atoms with Crippen molar-refractivity contribution in [2.24, 2.45) is 5.14 Å². The van der Waals surface area contributed by atoms with E-state index in [4.69, 9.17) is 21.5 Å². The van der Waals surface area contributed by atoms with E-state index in [1.165, 1.54) is 25.3 Å². The van der Waals surface area contributed by atoms with Crippen molar-refractivity contribution in [1.82, 2.24) is 10.2 Å². The number of nitrogens with zero attached hydrogens (tertiary/aromatic N) is 1. The minimum atomic E-state index is -3.94. The molecular formula is C20H24ClN3O4S. The summed E-state index contributed by atoms with van der Waals surface area (Å²) in [4.78, 5) is 15.0. The summed E-state index contributed by atoms with van der Waals surface area (Å²) in [5.41, 5.74) is 1.06. The lowest BCUT2D eigenvalue weighted by Gasteiger charge is -2.29. The number of sulfonamides is 1. The highest BCUT2D eigenvalue weighted by atomic mass is 35.5. The number of ether oxygens (including phenoxy) is 1. The minimum Gasteiger partial charge on any atom is -0.496 e. The molecule has 0 spiro atoms. The van der Waals surface area contributed by atoms with Crippen LogP contribution in [0.3, 0.4) is 0 Å². The van der Waals surface area contributed by atoms with Gasteiger partial charge in [-0.2, -0.15) is 0 Å². The number of hydrogen-bond donors (Lipinski definition) is 2. The molecule has 0 radical (unpaired) electrons. The molecule has 1 atom stereocenters. The molecule has 7 nitrogen and oxygen atoms in total. The van der Waals surface area contributed by atoms with Gasteiger partial charge in [-0.1, -0.05) is 29.8 Å². The Balaban J connectivity index is 1.84. The molecule has 1 saturated heterocycles. The lowest BCUT2D eigenvalue weighted by atomic mass is 10.0. The lowest BCUT2D eigenvalue weighted by Crippen LogP contribution is -2.37. The van der Waals surface area contributed by atoms with Crippen LogP contribution in [0.5, 0.6) is 5.75 Å². The first-order valence-electron chi connectivity index (χ1n) is 9.29. The van der Waals surface area contributed by atoms with Gasteiger partial charge in [-0.15, -0.1) is 0 Å². The molecule has 0 aliphatic carbocycles. The van der Waals surface area contributed by atoms with E-state index in [2.05, 4.69) is 10.2 Å². The quantitative estimate of drug-likeness (QED) is 0.693. The SMILES string of the molecule is COc1ccc(S(N)(=O)=O)cc1C(=O)NCC(c1ccccc1Cl)N1CCCC1. The largest absolute Gasteiger partial charge is 0.496 e. The molecule has 2 aromatic rings. The van der Waals surface area contributed by atoms with Crippen LogP contribution >= 0.6 is 11.6 Å². The molecule has 9 heteroatoms. The maximum absolute atomic E-state index is 12.9. The van der Waals surface area contributed by atoms with Gasteiger partial charge in [0.25, 0.3) is 5.91 Å². The van der Waals surface area contributed by atoms with Gasteiger partial charge in [0.1, 0.15) is 5.75 Å². The van der Waals surface area contributed by atoms with E-state index in [1.54, 1.807) is 0 Å². The van der Waals surface area contributed by atoms with Crippen molar-refractivity contribution in [3.8, 4) is 5.75 Å². The van der Waals surface area contributed by atoms with Gasteiger partial charge in [-0.25, -0.2) is 13.6 Å². The van der Waals surface area contributed by atoms with Gasteiger partial charge in [0.2, 0.25) is 10.0 Å². The van der Waals surface area contributed by atoms with Gasteiger partial charge in [-0.3, -0.25) is 9.69 Å². The van der Waals surface area contributed by atoms with Gasteiger partial charge >= 0.3 is 0 Å². The normalized spacial score (nSPS) is 15.8. The van der Waals surface area contributed by atoms with Crippen molar-refractivity contribution in [3.63, 3.8) is 0 Å². The maximum atomic E-state index is 12.9. The Morgan fingerprint density at radius 2 is 1.93 bits per heavy atom. The van der Waals surface area contributed by atoms with E-state index >= 15 is 0 Å². The number of rotatable bonds is 7. The minimum absolute atomic E-state index is 0.0810. The van der Waals surface area contributed by atoms with Crippen LogP contribution in [0.1, 0.15) is 34.8 Å². The second kappa shape index (κ2) is 9.13. The fraction of sp³-hybridized carbons (Fsp3) is 0.350. The number of halogens is 1. The Kier molecular flexibility index (Phi) is 6.79. The van der Waals surface area contributed by atoms with E-state index in [0.29, 0.717) is 11.6 Å². The fourth-order valence-electron chi connectivity index (χ4n) is 3.56. The maximum Gasteiger partial charge on any atom is 0.255 e. The summed E-state index contributed by atoms with van der Waals surface area (Å²) < 4.78 is 28.5. The van der Waals surface area contributed by atoms with E-state index in [1.807, 2.05) is 24.3 Å². The Morgan fingerprint density at radius 1 is 1.24 bits per heavy atom. The number of benzene rings is 2. The number of primary sulfonamides is 1. The number of nitrogens with two attached hydrogens (primary N) is 1. The molecule has 29 heavy (non-hydrogen) atoms. The number of nitrogens with one attached hydrogen (secondary N) is 1. The van der Waals surface area contributed by atoms with Gasteiger partial charge in [0, 0.05) is 11.6 Å². The molecule has 0 bridgehead atoms. The molecule has 3 rings (SSSR count). The molecular weight excluding hydrogens is 414 g/mol. The van der Waals surface area contributed by atoms with Crippen molar-refractivity contribution in [2.45, 2.75) is 23.8 Å². The first-order valence-corrected chi connectivity index (χ1v) is 11.2. The monoisotopic (exact) mass is 437 g/mol. The molecule has 0 aromatic heterocycles. The van der Waals surface area contributed by atoms with Crippen molar-refractivity contribution < 1.29 is 17.9 Å². The van der Waals surface area contributed by atoms with Crippen LogP contribution in [-0.4, -0.2) is 46.0 Å². The topological polar surface area (TPSA) is 102 Å². The van der Waals surface area contributed by atoms with E-state index in [-0.39, 0.29) is 22.3 Å². The van der Waals surface area contributed by atoms with Crippen molar-refractivity contribution in [2.75, 3.05) is 26.7 Å². The van der Waals surface area contributed by atoms with Crippen LogP contribution < -0.4 is 15.2 Å². The van der Waals surface area contributed by atoms with Crippen LogP contribution in [-0.2, 0) is 10.0 Å². The Hall–Kier alpha value is -2.13. The smallest absolute Gasteiger partial charge is 0.255 e. The third-order valence-electron chi connectivity index (χ3n) is 5.05. The first-order chi connectivity index (χ1) is 13.8. The first kappa shape index (κ1) is 21.6. The van der Waals surface area contributed by atoms with E-state index < -0.39 is 15.9 Å². The molecule has 0 saturated carbocycles. The summed E-state index contributed by atoms with van der Waals surface area (Å²) in [5, 5.41) is 8.74. The number of methoxy groups -OCH3 is 1. The number of likely N-dealkylation sites (tertiary alicyclic amines) is 1. The second-order valence-corrected chi connectivity index (χ2v) is 8.87. The zero-order valence-corrected chi connectivity index (χ0v) is 17.7. The van der Waals surface area contributed by atoms with Crippen molar-refractivity contribution >= 4 is 27.5 Å². The molecule has 3 N–H and O–H groups in total. The molecule has 1 fully saturated rings. The molecule has 1 amide bonds. The Morgan fingerprint density at radius 3 is 2.55 bits per heavy atom. The highest BCUT2D eigenvalue weighted by Gasteiger charge is 2.26. The van der Waals surface area contributed by atoms with E-state index in [9.17, 15) is 13.2 Å². The molecule has 1 aliphatic heterocycles. The fourth-order valence-corrected chi connectivity index (χ4v) is 4.36. The highest BCUT2D eigenvalue weighted by Crippen LogP contribution is 2.30. The predicted octanol–water partition coefficient (Wildman–Crippen LogP) is 2.56. The van der Waals surface area contributed by atoms with Crippen LogP contribution in [0.25, 0.3) is 0 Å². The number of hydrogen-bond acceptors (Lipinski definition) is 5. The zero-order chi connectivity index (χ0) is 21.0. The van der Waals surface area contributed by atoms with Gasteiger partial charge in [-0.05, 0) is 55.8 Å². The summed E-state index contributed by atoms with van der Waals surface area (Å²) in [7, 11) is -2.52. The zero-order valence-electron chi connectivity index (χ0n) is 16.1. The van der Waals surface area contributed by atoms with Crippen LogP contribution in [0.2, 0.25) is 5.02 Å². The Bertz CT molecular complexity index is 991. The summed E-state index contributed by atoms with van der Waals surface area (Å²) >= 11 is 6.41. The third-order valence-corrected chi connectivity index (χ3v) is 6.30. The summed E-state index contributed by atoms with van der Waals surface area (Å²) in [6.45, 7) is 2.18. The molecule has 156 valence electrons. The summed E-state index contributed by atoms with van der Waals surface area (Å²) in [6, 6.07) is 11.5. The number of carbonyl (C=O) groups is 1. The van der Waals surface area contributed by atoms with Crippen LogP contribution in [0.15, 0.2) is 47.4 Å². The number of amides is 1. The number of carbonyl (C=O) groups excluding carboxylic acids is 1. The summed E-state index contributed by atoms with van der Waals surface area (Å²) in [6.07, 6.45) is 2.19. The predicted molar refractivity (Wildman–Crippen MR) is 112 cm³/mol. The average molecular weight is 438 g/mol. The Labute approximate surface area is 175 Å². The molecule has 1 aliphatic rings. The van der Waals surface area contributed by atoms with Crippen molar-refractivity contribution in [1.29, 1.82) is 0 Å². The molecule has 2 aromatic carbocycles. The van der Waals surface area contributed by atoms with Gasteiger partial charge < -0.3 is 10.1 Å². The standard InChI is InChI=1S/C20H24ClN3O4S/c1-28-19-9-8-14(29(22,26)27)12-16(19)20(25)23-13-18(24-10-4-5-11-24)15-6-2-3-7-17(15)21/h2-3,6-9,12,18H,4-5,10-11,13H2,1H3,(H,23,25)(H2,22,26,27). The second-order valence-electron chi connectivity index (χ2n) is 6.90. The highest BCUT2D eigenvalue weighted by molar-refractivity contribution is 7.89. The molecule has 1 heterocycles. The van der Waals surface area contributed by atoms with Crippen LogP contribution in [0, 0.1) is 0 Å².